The number of imidazole rings is 1. The summed E-state index contributed by atoms with van der Waals surface area (Å²) in [6.07, 6.45) is 7.74. The van der Waals surface area contributed by atoms with E-state index in [9.17, 15) is 9.90 Å². The Hall–Kier alpha value is -1.66. The van der Waals surface area contributed by atoms with Gasteiger partial charge in [-0.3, -0.25) is 4.79 Å². The minimum absolute atomic E-state index is 0.204. The maximum absolute atomic E-state index is 11.8. The number of amides is 1. The van der Waals surface area contributed by atoms with Gasteiger partial charge in [-0.1, -0.05) is 0 Å². The maximum Gasteiger partial charge on any atom is 0.222 e. The number of aliphatic hydroxyl groups is 1. The van der Waals surface area contributed by atoms with Crippen LogP contribution in [0.1, 0.15) is 43.0 Å². The zero-order valence-electron chi connectivity index (χ0n) is 13.5. The Morgan fingerprint density at radius 3 is 3.25 bits per heavy atom. The highest BCUT2D eigenvalue weighted by atomic mass is 32.1. The van der Waals surface area contributed by atoms with Crippen molar-refractivity contribution in [2.45, 2.75) is 50.3 Å². The molecule has 5 nitrogen and oxygen atoms in total. The van der Waals surface area contributed by atoms with Crippen molar-refractivity contribution in [3.63, 3.8) is 0 Å². The quantitative estimate of drug-likeness (QED) is 0.932. The Labute approximate surface area is 144 Å². The number of thiophene rings is 1. The first kappa shape index (κ1) is 14.7. The van der Waals surface area contributed by atoms with Crippen LogP contribution < -0.4 is 0 Å². The summed E-state index contributed by atoms with van der Waals surface area (Å²) in [6, 6.07) is 2.72. The largest absolute Gasteiger partial charge is 0.393 e. The highest BCUT2D eigenvalue weighted by Crippen LogP contribution is 2.45. The van der Waals surface area contributed by atoms with E-state index in [1.807, 2.05) is 17.4 Å². The van der Waals surface area contributed by atoms with Crippen molar-refractivity contribution in [2.75, 3.05) is 6.54 Å². The van der Waals surface area contributed by atoms with Gasteiger partial charge in [0.2, 0.25) is 5.91 Å². The molecule has 5 heterocycles. The minimum Gasteiger partial charge on any atom is -0.393 e. The molecule has 0 radical (unpaired) electrons. The van der Waals surface area contributed by atoms with E-state index in [0.29, 0.717) is 24.3 Å². The van der Waals surface area contributed by atoms with E-state index in [0.717, 1.165) is 32.2 Å². The molecule has 0 unspecified atom stereocenters. The first-order valence-electron chi connectivity index (χ1n) is 8.79. The zero-order valence-corrected chi connectivity index (χ0v) is 14.3. The van der Waals surface area contributed by atoms with Crippen LogP contribution in [0.25, 0.3) is 11.3 Å². The van der Waals surface area contributed by atoms with Gasteiger partial charge in [-0.15, -0.1) is 11.3 Å². The first-order valence-corrected chi connectivity index (χ1v) is 9.67. The van der Waals surface area contributed by atoms with Gasteiger partial charge in [-0.05, 0) is 43.0 Å². The van der Waals surface area contributed by atoms with Gasteiger partial charge in [0.1, 0.15) is 0 Å². The zero-order chi connectivity index (χ0) is 16.3. The van der Waals surface area contributed by atoms with Crippen LogP contribution >= 0.6 is 11.3 Å². The number of hydrogen-bond donors (Lipinski definition) is 1. The average molecular weight is 343 g/mol. The molecule has 0 aromatic carbocycles. The lowest BCUT2D eigenvalue weighted by Crippen LogP contribution is -2.43. The summed E-state index contributed by atoms with van der Waals surface area (Å²) in [4.78, 5) is 19.5. The third-order valence-corrected chi connectivity index (χ3v) is 7.07. The summed E-state index contributed by atoms with van der Waals surface area (Å²) in [5.41, 5.74) is 2.44. The molecule has 0 spiro atoms. The highest BCUT2D eigenvalue weighted by Gasteiger charge is 2.40. The van der Waals surface area contributed by atoms with Gasteiger partial charge in [-0.25, -0.2) is 4.98 Å². The third-order valence-electron chi connectivity index (χ3n) is 6.05. The van der Waals surface area contributed by atoms with Crippen LogP contribution in [0, 0.1) is 5.92 Å². The molecule has 2 fully saturated rings. The van der Waals surface area contributed by atoms with Gasteiger partial charge < -0.3 is 14.6 Å². The molecule has 1 N–H and O–H groups in total. The molecule has 126 valence electrons. The van der Waals surface area contributed by atoms with Gasteiger partial charge in [0, 0.05) is 29.4 Å². The molecule has 0 bridgehead atoms. The fourth-order valence-corrected chi connectivity index (χ4v) is 5.80. The molecule has 24 heavy (non-hydrogen) atoms. The molecule has 2 aromatic rings. The Kier molecular flexibility index (Phi) is 3.31. The third kappa shape index (κ3) is 2.09. The molecule has 6 heteroatoms. The number of fused-ring (bicyclic) bond motifs is 4. The Morgan fingerprint density at radius 2 is 2.33 bits per heavy atom. The van der Waals surface area contributed by atoms with Crippen molar-refractivity contribution in [1.82, 2.24) is 14.5 Å². The summed E-state index contributed by atoms with van der Waals surface area (Å²) in [6.45, 7) is 0.816. The van der Waals surface area contributed by atoms with Crippen molar-refractivity contribution >= 4 is 17.2 Å². The van der Waals surface area contributed by atoms with Crippen molar-refractivity contribution < 1.29 is 9.90 Å². The van der Waals surface area contributed by atoms with Gasteiger partial charge in [0.05, 0.1) is 30.4 Å². The van der Waals surface area contributed by atoms with Gasteiger partial charge in [-0.2, -0.15) is 0 Å². The number of aromatic nitrogens is 2. The highest BCUT2D eigenvalue weighted by molar-refractivity contribution is 7.10. The lowest BCUT2D eigenvalue weighted by Gasteiger charge is -2.37. The fraction of sp³-hybridized carbons (Fsp3) is 0.556. The average Bonchev–Trinajstić information content (AvgIpc) is 3.33. The van der Waals surface area contributed by atoms with E-state index in [1.54, 1.807) is 11.3 Å². The molecule has 4 atom stereocenters. The molecular formula is C18H21N3O2S. The number of carbonyl (C=O) groups excluding carboxylic acids is 1. The second-order valence-corrected chi connectivity index (χ2v) is 8.22. The molecule has 1 amide bonds. The number of rotatable bonds is 3. The topological polar surface area (TPSA) is 58.4 Å². The summed E-state index contributed by atoms with van der Waals surface area (Å²) >= 11 is 1.77. The Bertz CT molecular complexity index is 743. The van der Waals surface area contributed by atoms with Crippen molar-refractivity contribution in [1.29, 1.82) is 0 Å². The second kappa shape index (κ2) is 5.43. The smallest absolute Gasteiger partial charge is 0.222 e. The molecule has 0 saturated carbocycles. The van der Waals surface area contributed by atoms with Crippen LogP contribution in [-0.2, 0) is 4.79 Å². The Morgan fingerprint density at radius 1 is 1.42 bits per heavy atom. The first-order chi connectivity index (χ1) is 11.7. The van der Waals surface area contributed by atoms with Crippen LogP contribution in [0.3, 0.4) is 0 Å². The predicted molar refractivity (Wildman–Crippen MR) is 91.8 cm³/mol. The van der Waals surface area contributed by atoms with Crippen LogP contribution in [0.5, 0.6) is 0 Å². The number of aliphatic hydroxyl groups excluding tert-OH is 1. The molecule has 3 aliphatic rings. The summed E-state index contributed by atoms with van der Waals surface area (Å²) in [5, 5.41) is 13.0. The van der Waals surface area contributed by atoms with Crippen molar-refractivity contribution in [3.8, 4) is 11.3 Å². The summed E-state index contributed by atoms with van der Waals surface area (Å²) in [7, 11) is 0. The monoisotopic (exact) mass is 343 g/mol. The molecule has 5 rings (SSSR count). The molecule has 0 aliphatic carbocycles. The van der Waals surface area contributed by atoms with Gasteiger partial charge in [0.15, 0.2) is 0 Å². The number of hydrogen-bond acceptors (Lipinski definition) is 4. The van der Waals surface area contributed by atoms with E-state index >= 15 is 0 Å². The summed E-state index contributed by atoms with van der Waals surface area (Å²) < 4.78 is 2.21. The Balaban J connectivity index is 1.33. The lowest BCUT2D eigenvalue weighted by atomic mass is 9.84. The van der Waals surface area contributed by atoms with Crippen LogP contribution in [0.2, 0.25) is 0 Å². The van der Waals surface area contributed by atoms with Crippen LogP contribution in [0.15, 0.2) is 24.0 Å². The van der Waals surface area contributed by atoms with Crippen LogP contribution in [-0.4, -0.2) is 44.2 Å². The number of carbonyl (C=O) groups is 1. The standard InChI is InChI=1S/C18H21N3O2S/c22-16(11-3-5-20-12(7-11)1-2-17(20)23)8-14-18-13(4-6-24-18)15-9-19-10-21(14)15/h4,6,9-12,14,16,22H,1-3,5,7-8H2/t11-,12-,14+,16-/m0/s1. The van der Waals surface area contributed by atoms with E-state index < -0.39 is 0 Å². The lowest BCUT2D eigenvalue weighted by molar-refractivity contribution is -0.131. The van der Waals surface area contributed by atoms with Crippen molar-refractivity contribution in [3.05, 3.63) is 28.8 Å². The minimum atomic E-state index is -0.323. The molecule has 2 saturated heterocycles. The van der Waals surface area contributed by atoms with Crippen LogP contribution in [0.4, 0.5) is 0 Å². The van der Waals surface area contributed by atoms with E-state index in [4.69, 9.17) is 0 Å². The number of piperidine rings is 1. The molecule has 2 aromatic heterocycles. The van der Waals surface area contributed by atoms with E-state index in [-0.39, 0.29) is 12.1 Å². The van der Waals surface area contributed by atoms with E-state index in [1.165, 1.54) is 16.1 Å². The maximum atomic E-state index is 11.8. The molecular weight excluding hydrogens is 322 g/mol. The summed E-state index contributed by atoms with van der Waals surface area (Å²) in [5.74, 6) is 0.600. The number of nitrogens with zero attached hydrogens (tertiary/aromatic N) is 3. The SMILES string of the molecule is O=C1CC[C@H]2C[C@@H]([C@@H](O)C[C@@H]3c4sccc4-c4cncn43)CCN12. The second-order valence-electron chi connectivity index (χ2n) is 7.27. The van der Waals surface area contributed by atoms with Crippen molar-refractivity contribution in [2.24, 2.45) is 5.92 Å². The normalized spacial score (nSPS) is 29.5. The van der Waals surface area contributed by atoms with Gasteiger partial charge >= 0.3 is 0 Å². The van der Waals surface area contributed by atoms with Gasteiger partial charge in [0.25, 0.3) is 0 Å². The predicted octanol–water partition coefficient (Wildman–Crippen LogP) is 2.67. The fourth-order valence-electron chi connectivity index (χ4n) is 4.79. The van der Waals surface area contributed by atoms with E-state index in [2.05, 4.69) is 21.0 Å². The molecule has 3 aliphatic heterocycles.